The predicted molar refractivity (Wildman–Crippen MR) is 99.4 cm³/mol. The lowest BCUT2D eigenvalue weighted by Crippen LogP contribution is -2.36. The number of rotatable bonds is 7. The van der Waals surface area contributed by atoms with Gasteiger partial charge in [0.05, 0.1) is 13.0 Å². The molecule has 0 heterocycles. The minimum absolute atomic E-state index is 0.0308. The summed E-state index contributed by atoms with van der Waals surface area (Å²) in [6.07, 6.45) is 6.40. The molecule has 0 aromatic heterocycles. The molecule has 0 radical (unpaired) electrons. The van der Waals surface area contributed by atoms with Gasteiger partial charge in [-0.1, -0.05) is 18.9 Å². The van der Waals surface area contributed by atoms with E-state index in [4.69, 9.17) is 9.47 Å². The van der Waals surface area contributed by atoms with Gasteiger partial charge in [-0.2, -0.15) is 0 Å². The Morgan fingerprint density at radius 1 is 1.22 bits per heavy atom. The van der Waals surface area contributed by atoms with Crippen LogP contribution in [0, 0.1) is 11.8 Å². The third kappa shape index (κ3) is 6.13. The van der Waals surface area contributed by atoms with Gasteiger partial charge in [0.15, 0.2) is 11.5 Å². The molecule has 0 bridgehead atoms. The van der Waals surface area contributed by atoms with Gasteiger partial charge in [0.25, 0.3) is 0 Å². The Morgan fingerprint density at radius 2 is 1.96 bits per heavy atom. The molecule has 146 valence electrons. The first-order valence-corrected chi connectivity index (χ1v) is 8.96. The van der Waals surface area contributed by atoms with E-state index >= 15 is 0 Å². The molecule has 7 heteroatoms. The Labute approximate surface area is 158 Å². The Bertz CT molecular complexity index is 727. The number of hydrogen-bond donors (Lipinski definition) is 2. The van der Waals surface area contributed by atoms with E-state index < -0.39 is 11.9 Å². The monoisotopic (exact) mass is 375 g/mol. The van der Waals surface area contributed by atoms with Gasteiger partial charge in [0.2, 0.25) is 5.91 Å². The van der Waals surface area contributed by atoms with Gasteiger partial charge in [-0.25, -0.2) is 0 Å². The van der Waals surface area contributed by atoms with Crippen LogP contribution in [-0.4, -0.2) is 36.6 Å². The number of amides is 1. The predicted octanol–water partition coefficient (Wildman–Crippen LogP) is 2.64. The molecule has 1 aliphatic rings. The summed E-state index contributed by atoms with van der Waals surface area (Å²) in [5.41, 5.74) is 0.707. The van der Waals surface area contributed by atoms with Crippen molar-refractivity contribution in [2.45, 2.75) is 32.6 Å². The third-order valence-electron chi connectivity index (χ3n) is 4.63. The minimum Gasteiger partial charge on any atom is -0.493 e. The summed E-state index contributed by atoms with van der Waals surface area (Å²) in [4.78, 5) is 34.4. The number of nitrogens with one attached hydrogen (secondary N) is 1. The van der Waals surface area contributed by atoms with Crippen LogP contribution in [0.5, 0.6) is 11.5 Å². The molecule has 2 N–H and O–H groups in total. The van der Waals surface area contributed by atoms with Crippen molar-refractivity contribution in [3.63, 3.8) is 0 Å². The van der Waals surface area contributed by atoms with Gasteiger partial charge in [-0.15, -0.1) is 0 Å². The highest BCUT2D eigenvalue weighted by molar-refractivity contribution is 5.91. The number of carbonyl (C=O) groups is 3. The molecule has 7 nitrogen and oxygen atoms in total. The van der Waals surface area contributed by atoms with Crippen LogP contribution < -0.4 is 14.8 Å². The summed E-state index contributed by atoms with van der Waals surface area (Å²) in [6, 6.07) is 4.95. The smallest absolute Gasteiger partial charge is 0.308 e. The molecule has 2 rings (SSSR count). The van der Waals surface area contributed by atoms with Crippen LogP contribution in [0.1, 0.15) is 38.2 Å². The van der Waals surface area contributed by atoms with E-state index in [9.17, 15) is 19.5 Å². The zero-order valence-electron chi connectivity index (χ0n) is 15.6. The van der Waals surface area contributed by atoms with Crippen molar-refractivity contribution in [1.82, 2.24) is 5.32 Å². The maximum Gasteiger partial charge on any atom is 0.308 e. The Kier molecular flexibility index (Phi) is 7.40. The summed E-state index contributed by atoms with van der Waals surface area (Å²) < 4.78 is 10.2. The molecule has 2 atom stereocenters. The van der Waals surface area contributed by atoms with Crippen LogP contribution >= 0.6 is 0 Å². The fourth-order valence-corrected chi connectivity index (χ4v) is 3.27. The van der Waals surface area contributed by atoms with Crippen molar-refractivity contribution >= 4 is 23.9 Å². The quantitative estimate of drug-likeness (QED) is 0.432. The number of methoxy groups -OCH3 is 1. The molecule has 0 unspecified atom stereocenters. The fraction of sp³-hybridized carbons (Fsp3) is 0.450. The van der Waals surface area contributed by atoms with E-state index in [2.05, 4.69) is 5.32 Å². The van der Waals surface area contributed by atoms with Crippen molar-refractivity contribution in [1.29, 1.82) is 0 Å². The molecule has 1 amide bonds. The second-order valence-corrected chi connectivity index (χ2v) is 6.57. The van der Waals surface area contributed by atoms with Crippen LogP contribution in [0.4, 0.5) is 0 Å². The van der Waals surface area contributed by atoms with Crippen LogP contribution in [0.3, 0.4) is 0 Å². The maximum absolute atomic E-state index is 12.1. The Morgan fingerprint density at radius 3 is 2.63 bits per heavy atom. The first-order valence-electron chi connectivity index (χ1n) is 8.96. The maximum atomic E-state index is 12.1. The minimum atomic E-state index is -0.788. The average molecular weight is 375 g/mol. The number of hydrogen-bond acceptors (Lipinski definition) is 5. The standard InChI is InChI=1S/C20H25NO6/c1-13(22)27-17-9-7-14(11-18(17)26-2)8-10-19(23)21-12-15-5-3-4-6-16(15)20(24)25/h7-11,15-16H,3-6,12H2,1-2H3,(H,21,23)(H,24,25)/b10-8+/t15-,16-/m0/s1. The summed E-state index contributed by atoms with van der Waals surface area (Å²) in [6.45, 7) is 1.66. The molecule has 1 saturated carbocycles. The van der Waals surface area contributed by atoms with E-state index in [0.29, 0.717) is 30.0 Å². The number of benzene rings is 1. The van der Waals surface area contributed by atoms with Crippen molar-refractivity contribution in [2.24, 2.45) is 11.8 Å². The van der Waals surface area contributed by atoms with Crippen LogP contribution in [-0.2, 0) is 14.4 Å². The number of esters is 1. The molecule has 27 heavy (non-hydrogen) atoms. The summed E-state index contributed by atoms with van der Waals surface area (Å²) in [5, 5.41) is 12.1. The summed E-state index contributed by atoms with van der Waals surface area (Å²) in [5.74, 6) is -1.24. The van der Waals surface area contributed by atoms with E-state index in [1.807, 2.05) is 0 Å². The summed E-state index contributed by atoms with van der Waals surface area (Å²) >= 11 is 0. The van der Waals surface area contributed by atoms with Crippen molar-refractivity contribution < 1.29 is 29.0 Å². The number of ether oxygens (including phenoxy) is 2. The third-order valence-corrected chi connectivity index (χ3v) is 4.63. The van der Waals surface area contributed by atoms with Gasteiger partial charge in [0.1, 0.15) is 0 Å². The van der Waals surface area contributed by atoms with Crippen molar-refractivity contribution in [3.05, 3.63) is 29.8 Å². The second kappa shape index (κ2) is 9.75. The molecule has 0 aliphatic heterocycles. The highest BCUT2D eigenvalue weighted by Gasteiger charge is 2.30. The highest BCUT2D eigenvalue weighted by atomic mass is 16.6. The van der Waals surface area contributed by atoms with Gasteiger partial charge in [0, 0.05) is 19.5 Å². The molecular formula is C20H25NO6. The molecular weight excluding hydrogens is 350 g/mol. The zero-order chi connectivity index (χ0) is 19.8. The number of carboxylic acid groups (broad SMARTS) is 1. The lowest BCUT2D eigenvalue weighted by atomic mass is 9.79. The van der Waals surface area contributed by atoms with Crippen LogP contribution in [0.25, 0.3) is 6.08 Å². The molecule has 1 aromatic rings. The zero-order valence-corrected chi connectivity index (χ0v) is 15.6. The van der Waals surface area contributed by atoms with E-state index in [-0.39, 0.29) is 17.7 Å². The topological polar surface area (TPSA) is 102 Å². The number of carboxylic acids is 1. The first-order chi connectivity index (χ1) is 12.9. The normalized spacial score (nSPS) is 19.5. The molecule has 1 aromatic carbocycles. The average Bonchev–Trinajstić information content (AvgIpc) is 2.65. The first kappa shape index (κ1) is 20.5. The number of aliphatic carboxylic acids is 1. The SMILES string of the molecule is COc1cc(/C=C/C(=O)NC[C@@H]2CCCC[C@@H]2C(=O)O)ccc1OC(C)=O. The molecule has 0 spiro atoms. The highest BCUT2D eigenvalue weighted by Crippen LogP contribution is 2.30. The molecule has 1 fully saturated rings. The van der Waals surface area contributed by atoms with E-state index in [1.165, 1.54) is 20.1 Å². The van der Waals surface area contributed by atoms with Crippen LogP contribution in [0.15, 0.2) is 24.3 Å². The fourth-order valence-electron chi connectivity index (χ4n) is 3.27. The second-order valence-electron chi connectivity index (χ2n) is 6.57. The largest absolute Gasteiger partial charge is 0.493 e. The molecule has 0 saturated heterocycles. The van der Waals surface area contributed by atoms with Crippen molar-refractivity contribution in [2.75, 3.05) is 13.7 Å². The van der Waals surface area contributed by atoms with Gasteiger partial charge < -0.3 is 19.9 Å². The van der Waals surface area contributed by atoms with Gasteiger partial charge in [-0.3, -0.25) is 14.4 Å². The van der Waals surface area contributed by atoms with Crippen molar-refractivity contribution in [3.8, 4) is 11.5 Å². The van der Waals surface area contributed by atoms with E-state index in [0.717, 1.165) is 19.3 Å². The van der Waals surface area contributed by atoms with E-state index in [1.54, 1.807) is 24.3 Å². The van der Waals surface area contributed by atoms with Gasteiger partial charge in [-0.05, 0) is 42.5 Å². The number of carbonyl (C=O) groups excluding carboxylic acids is 2. The lowest BCUT2D eigenvalue weighted by Gasteiger charge is -2.28. The lowest BCUT2D eigenvalue weighted by molar-refractivity contribution is -0.145. The Hall–Kier alpha value is -2.83. The van der Waals surface area contributed by atoms with Crippen LogP contribution in [0.2, 0.25) is 0 Å². The van der Waals surface area contributed by atoms with Gasteiger partial charge >= 0.3 is 11.9 Å². The Balaban J connectivity index is 1.94. The summed E-state index contributed by atoms with van der Waals surface area (Å²) in [7, 11) is 1.46. The molecule has 1 aliphatic carbocycles.